The highest BCUT2D eigenvalue weighted by Gasteiger charge is 2.21. The highest BCUT2D eigenvalue weighted by atomic mass is 16.6. The van der Waals surface area contributed by atoms with Gasteiger partial charge in [-0.2, -0.15) is 0 Å². The molecule has 0 aliphatic carbocycles. The molecule has 0 radical (unpaired) electrons. The molecular weight excluding hydrogens is 354 g/mol. The van der Waals surface area contributed by atoms with Crippen LogP contribution in [0.5, 0.6) is 0 Å². The molecule has 9 heteroatoms. The molecule has 27 heavy (non-hydrogen) atoms. The maximum absolute atomic E-state index is 12.1. The summed E-state index contributed by atoms with van der Waals surface area (Å²) in [7, 11) is 0. The zero-order valence-corrected chi connectivity index (χ0v) is 14.6. The standard InChI is InChI=1S/C18H17N3O6/c1-11-10-14(8-9-15(11)21(25)26)18(24)27-12(2)16(22)19-20-17(23)13-6-4-3-5-7-13/h3-10,12H,1-2H3,(H,19,22)(H,20,23)/t12-/m1/s1. The first-order valence-corrected chi connectivity index (χ1v) is 7.91. The molecule has 0 heterocycles. The Morgan fingerprint density at radius 3 is 2.30 bits per heavy atom. The summed E-state index contributed by atoms with van der Waals surface area (Å²) in [6, 6.07) is 12.0. The fraction of sp³-hybridized carbons (Fsp3) is 0.167. The molecule has 2 rings (SSSR count). The number of carbonyl (C=O) groups excluding carboxylic acids is 3. The van der Waals surface area contributed by atoms with Gasteiger partial charge in [0, 0.05) is 17.2 Å². The van der Waals surface area contributed by atoms with Crippen molar-refractivity contribution in [3.63, 3.8) is 0 Å². The Morgan fingerprint density at radius 1 is 1.04 bits per heavy atom. The Balaban J connectivity index is 1.92. The van der Waals surface area contributed by atoms with Gasteiger partial charge in [-0.25, -0.2) is 4.79 Å². The zero-order chi connectivity index (χ0) is 20.0. The maximum Gasteiger partial charge on any atom is 0.338 e. The van der Waals surface area contributed by atoms with Gasteiger partial charge in [0.05, 0.1) is 10.5 Å². The zero-order valence-electron chi connectivity index (χ0n) is 14.6. The van der Waals surface area contributed by atoms with Crippen molar-refractivity contribution in [1.82, 2.24) is 10.9 Å². The molecule has 9 nitrogen and oxygen atoms in total. The van der Waals surface area contributed by atoms with Crippen molar-refractivity contribution in [2.24, 2.45) is 0 Å². The third kappa shape index (κ3) is 5.11. The van der Waals surface area contributed by atoms with Crippen LogP contribution in [0.3, 0.4) is 0 Å². The maximum atomic E-state index is 12.1. The average Bonchev–Trinajstić information content (AvgIpc) is 2.65. The van der Waals surface area contributed by atoms with Crippen molar-refractivity contribution in [2.45, 2.75) is 20.0 Å². The summed E-state index contributed by atoms with van der Waals surface area (Å²) >= 11 is 0. The second-order valence-electron chi connectivity index (χ2n) is 5.62. The lowest BCUT2D eigenvalue weighted by Crippen LogP contribution is -2.46. The predicted octanol–water partition coefficient (Wildman–Crippen LogP) is 1.91. The van der Waals surface area contributed by atoms with Gasteiger partial charge in [-0.1, -0.05) is 18.2 Å². The minimum Gasteiger partial charge on any atom is -0.449 e. The monoisotopic (exact) mass is 371 g/mol. The number of esters is 1. The number of nitrogens with one attached hydrogen (secondary N) is 2. The van der Waals surface area contributed by atoms with Crippen molar-refractivity contribution < 1.29 is 24.0 Å². The van der Waals surface area contributed by atoms with Gasteiger partial charge in [-0.3, -0.25) is 30.6 Å². The van der Waals surface area contributed by atoms with E-state index in [1.54, 1.807) is 30.3 Å². The lowest BCUT2D eigenvalue weighted by atomic mass is 10.1. The topological polar surface area (TPSA) is 128 Å². The number of aryl methyl sites for hydroxylation is 1. The Morgan fingerprint density at radius 2 is 1.70 bits per heavy atom. The van der Waals surface area contributed by atoms with Crippen molar-refractivity contribution in [3.8, 4) is 0 Å². The Labute approximate surface area is 154 Å². The Kier molecular flexibility index (Phi) is 6.21. The van der Waals surface area contributed by atoms with E-state index in [-0.39, 0.29) is 11.3 Å². The lowest BCUT2D eigenvalue weighted by molar-refractivity contribution is -0.385. The summed E-state index contributed by atoms with van der Waals surface area (Å²) < 4.78 is 5.02. The summed E-state index contributed by atoms with van der Waals surface area (Å²) in [4.78, 5) is 46.1. The van der Waals surface area contributed by atoms with Crippen LogP contribution < -0.4 is 10.9 Å². The van der Waals surface area contributed by atoms with E-state index < -0.39 is 28.8 Å². The van der Waals surface area contributed by atoms with E-state index in [2.05, 4.69) is 10.9 Å². The smallest absolute Gasteiger partial charge is 0.338 e. The normalized spacial score (nSPS) is 11.2. The molecule has 0 spiro atoms. The number of nitro benzene ring substituents is 1. The van der Waals surface area contributed by atoms with Crippen LogP contribution in [0.25, 0.3) is 0 Å². The first kappa shape index (κ1) is 19.6. The summed E-state index contributed by atoms with van der Waals surface area (Å²) in [6.45, 7) is 2.82. The molecule has 0 saturated heterocycles. The van der Waals surface area contributed by atoms with Gasteiger partial charge in [0.15, 0.2) is 6.10 Å². The van der Waals surface area contributed by atoms with Crippen LogP contribution in [0, 0.1) is 17.0 Å². The molecule has 2 aromatic rings. The number of hydrogen-bond donors (Lipinski definition) is 2. The fourth-order valence-corrected chi connectivity index (χ4v) is 2.15. The third-order valence-electron chi connectivity index (χ3n) is 3.62. The molecule has 2 amide bonds. The van der Waals surface area contributed by atoms with Gasteiger partial charge in [-0.05, 0) is 38.1 Å². The summed E-state index contributed by atoms with van der Waals surface area (Å²) in [5.41, 5.74) is 4.98. The second kappa shape index (κ2) is 8.56. The number of carbonyl (C=O) groups is 3. The van der Waals surface area contributed by atoms with E-state index in [1.165, 1.54) is 32.0 Å². The van der Waals surface area contributed by atoms with Gasteiger partial charge in [0.2, 0.25) is 0 Å². The molecule has 0 saturated carbocycles. The van der Waals surface area contributed by atoms with Crippen molar-refractivity contribution in [1.29, 1.82) is 0 Å². The highest BCUT2D eigenvalue weighted by Crippen LogP contribution is 2.19. The predicted molar refractivity (Wildman–Crippen MR) is 94.8 cm³/mol. The minimum atomic E-state index is -1.19. The van der Waals surface area contributed by atoms with Gasteiger partial charge in [-0.15, -0.1) is 0 Å². The molecule has 2 N–H and O–H groups in total. The van der Waals surface area contributed by atoms with E-state index in [4.69, 9.17) is 4.74 Å². The number of rotatable bonds is 5. The van der Waals surface area contributed by atoms with Crippen LogP contribution in [-0.2, 0) is 9.53 Å². The number of hydrogen-bond acceptors (Lipinski definition) is 6. The molecule has 0 aliphatic heterocycles. The van der Waals surface area contributed by atoms with Gasteiger partial charge >= 0.3 is 5.97 Å². The van der Waals surface area contributed by atoms with Crippen LogP contribution in [0.1, 0.15) is 33.2 Å². The highest BCUT2D eigenvalue weighted by molar-refractivity contribution is 5.96. The Hall–Kier alpha value is -3.75. The summed E-state index contributed by atoms with van der Waals surface area (Å²) in [5.74, 6) is -2.07. The summed E-state index contributed by atoms with van der Waals surface area (Å²) in [6.07, 6.45) is -1.19. The van der Waals surface area contributed by atoms with Gasteiger partial charge in [0.1, 0.15) is 0 Å². The molecule has 1 atom stereocenters. The van der Waals surface area contributed by atoms with Crippen LogP contribution in [0.15, 0.2) is 48.5 Å². The average molecular weight is 371 g/mol. The number of hydrazine groups is 1. The molecule has 0 fully saturated rings. The minimum absolute atomic E-state index is 0.0751. The third-order valence-corrected chi connectivity index (χ3v) is 3.62. The van der Waals surface area contributed by atoms with E-state index in [1.807, 2.05) is 0 Å². The molecular formula is C18H17N3O6. The van der Waals surface area contributed by atoms with Crippen LogP contribution >= 0.6 is 0 Å². The van der Waals surface area contributed by atoms with Crippen molar-refractivity contribution >= 4 is 23.5 Å². The number of benzene rings is 2. The first-order valence-electron chi connectivity index (χ1n) is 7.91. The number of ether oxygens (including phenoxy) is 1. The van der Waals surface area contributed by atoms with Crippen molar-refractivity contribution in [3.05, 3.63) is 75.3 Å². The van der Waals surface area contributed by atoms with Crippen LogP contribution in [-0.4, -0.2) is 28.8 Å². The van der Waals surface area contributed by atoms with Crippen LogP contribution in [0.4, 0.5) is 5.69 Å². The second-order valence-corrected chi connectivity index (χ2v) is 5.62. The largest absolute Gasteiger partial charge is 0.449 e. The lowest BCUT2D eigenvalue weighted by Gasteiger charge is -2.14. The molecule has 0 bridgehead atoms. The number of nitrogens with zero attached hydrogens (tertiary/aromatic N) is 1. The summed E-state index contributed by atoms with van der Waals surface area (Å²) in [5, 5.41) is 10.8. The molecule has 2 aromatic carbocycles. The van der Waals surface area contributed by atoms with E-state index in [0.717, 1.165) is 0 Å². The van der Waals surface area contributed by atoms with E-state index in [0.29, 0.717) is 11.1 Å². The molecule has 0 aromatic heterocycles. The van der Waals surface area contributed by atoms with Gasteiger partial charge < -0.3 is 4.74 Å². The fourth-order valence-electron chi connectivity index (χ4n) is 2.15. The van der Waals surface area contributed by atoms with Crippen molar-refractivity contribution in [2.75, 3.05) is 0 Å². The molecule has 0 unspecified atom stereocenters. The molecule has 0 aliphatic rings. The SMILES string of the molecule is Cc1cc(C(=O)O[C@H](C)C(=O)NNC(=O)c2ccccc2)ccc1[N+](=O)[O-]. The van der Waals surface area contributed by atoms with E-state index >= 15 is 0 Å². The number of amides is 2. The van der Waals surface area contributed by atoms with Gasteiger partial charge in [0.25, 0.3) is 17.5 Å². The Bertz CT molecular complexity index is 882. The quantitative estimate of drug-likeness (QED) is 0.469. The molecule has 140 valence electrons. The van der Waals surface area contributed by atoms with E-state index in [9.17, 15) is 24.5 Å². The number of nitro groups is 1. The van der Waals surface area contributed by atoms with Crippen LogP contribution in [0.2, 0.25) is 0 Å². The first-order chi connectivity index (χ1) is 12.8.